The minimum Gasteiger partial charge on any atom is -0.480 e. The summed E-state index contributed by atoms with van der Waals surface area (Å²) < 4.78 is 0. The monoisotopic (exact) mass is 328 g/mol. The Hall–Kier alpha value is -2.30. The fourth-order valence-electron chi connectivity index (χ4n) is 3.89. The summed E-state index contributed by atoms with van der Waals surface area (Å²) in [6, 6.07) is 6.98. The van der Waals surface area contributed by atoms with Crippen LogP contribution in [0.2, 0.25) is 0 Å². The molecule has 0 saturated carbocycles. The SMILES string of the molecule is CCCCC[C@H]1c2[nH]c3ccccc3c2C[C@H](C(=O)O)N1C(C)=O. The van der Waals surface area contributed by atoms with E-state index in [9.17, 15) is 14.7 Å². The van der Waals surface area contributed by atoms with E-state index in [2.05, 4.69) is 11.9 Å². The first-order chi connectivity index (χ1) is 11.5. The van der Waals surface area contributed by atoms with Crippen molar-refractivity contribution in [3.8, 4) is 0 Å². The summed E-state index contributed by atoms with van der Waals surface area (Å²) in [5.41, 5.74) is 3.08. The van der Waals surface area contributed by atoms with Gasteiger partial charge in [-0.05, 0) is 18.1 Å². The van der Waals surface area contributed by atoms with Gasteiger partial charge in [0, 0.05) is 29.9 Å². The van der Waals surface area contributed by atoms with E-state index in [1.807, 2.05) is 24.3 Å². The summed E-state index contributed by atoms with van der Waals surface area (Å²) >= 11 is 0. The zero-order valence-electron chi connectivity index (χ0n) is 14.2. The molecule has 0 saturated heterocycles. The normalized spacial score (nSPS) is 20.2. The van der Waals surface area contributed by atoms with Crippen molar-refractivity contribution in [1.82, 2.24) is 9.88 Å². The van der Waals surface area contributed by atoms with E-state index < -0.39 is 12.0 Å². The largest absolute Gasteiger partial charge is 0.480 e. The number of nitrogens with one attached hydrogen (secondary N) is 1. The molecule has 0 radical (unpaired) electrons. The molecule has 1 aliphatic rings. The molecular weight excluding hydrogens is 304 g/mol. The van der Waals surface area contributed by atoms with Crippen LogP contribution in [-0.2, 0) is 16.0 Å². The number of nitrogens with zero attached hydrogens (tertiary/aromatic N) is 1. The molecule has 128 valence electrons. The lowest BCUT2D eigenvalue weighted by Crippen LogP contribution is -2.50. The summed E-state index contributed by atoms with van der Waals surface area (Å²) in [6.07, 6.45) is 4.30. The number of carboxylic acids is 1. The number of unbranched alkanes of at least 4 members (excludes halogenated alkanes) is 2. The highest BCUT2D eigenvalue weighted by atomic mass is 16.4. The lowest BCUT2D eigenvalue weighted by Gasteiger charge is -2.39. The Labute approximate surface area is 141 Å². The predicted molar refractivity (Wildman–Crippen MR) is 92.8 cm³/mol. The first kappa shape index (κ1) is 16.6. The second kappa shape index (κ2) is 6.67. The number of para-hydroxylation sites is 1. The Morgan fingerprint density at radius 1 is 1.29 bits per heavy atom. The fraction of sp³-hybridized carbons (Fsp3) is 0.474. The molecule has 1 aromatic carbocycles. The molecular formula is C19H24N2O3. The first-order valence-electron chi connectivity index (χ1n) is 8.65. The highest BCUT2D eigenvalue weighted by Gasteiger charge is 2.41. The molecule has 1 aliphatic heterocycles. The van der Waals surface area contributed by atoms with Gasteiger partial charge in [-0.1, -0.05) is 44.4 Å². The number of rotatable bonds is 5. The van der Waals surface area contributed by atoms with E-state index in [0.29, 0.717) is 6.42 Å². The summed E-state index contributed by atoms with van der Waals surface area (Å²) in [7, 11) is 0. The smallest absolute Gasteiger partial charge is 0.326 e. The van der Waals surface area contributed by atoms with Crippen LogP contribution in [0.25, 0.3) is 10.9 Å². The molecule has 2 N–H and O–H groups in total. The van der Waals surface area contributed by atoms with Gasteiger partial charge < -0.3 is 15.0 Å². The van der Waals surface area contributed by atoms with Gasteiger partial charge in [-0.3, -0.25) is 4.79 Å². The number of hydrogen-bond donors (Lipinski definition) is 2. The van der Waals surface area contributed by atoms with E-state index >= 15 is 0 Å². The van der Waals surface area contributed by atoms with Crippen molar-refractivity contribution in [2.45, 2.75) is 58.0 Å². The van der Waals surface area contributed by atoms with Crippen LogP contribution in [0.15, 0.2) is 24.3 Å². The third-order valence-electron chi connectivity index (χ3n) is 4.98. The average molecular weight is 328 g/mol. The number of hydrogen-bond acceptors (Lipinski definition) is 2. The summed E-state index contributed by atoms with van der Waals surface area (Å²) in [5, 5.41) is 10.7. The Morgan fingerprint density at radius 2 is 2.04 bits per heavy atom. The standard InChI is InChI=1S/C19H24N2O3/c1-3-4-5-10-16-18-14(13-8-6-7-9-15(13)20-18)11-17(19(23)24)21(16)12(2)22/h6-9,16-17,20H,3-5,10-11H2,1-2H3,(H,23,24)/t16-,17+/m0/s1. The van der Waals surface area contributed by atoms with Gasteiger partial charge in [-0.15, -0.1) is 0 Å². The zero-order valence-corrected chi connectivity index (χ0v) is 14.2. The number of carbonyl (C=O) groups is 2. The van der Waals surface area contributed by atoms with Crippen molar-refractivity contribution in [2.75, 3.05) is 0 Å². The Kier molecular flexibility index (Phi) is 4.60. The Bertz CT molecular complexity index is 765. The summed E-state index contributed by atoms with van der Waals surface area (Å²) in [5.74, 6) is -1.10. The highest BCUT2D eigenvalue weighted by molar-refractivity contribution is 5.89. The van der Waals surface area contributed by atoms with Crippen LogP contribution in [0, 0.1) is 0 Å². The molecule has 1 amide bonds. The number of aromatic amines is 1. The molecule has 5 heteroatoms. The lowest BCUT2D eigenvalue weighted by molar-refractivity contribution is -0.152. The third-order valence-corrected chi connectivity index (χ3v) is 4.98. The minimum atomic E-state index is -0.929. The minimum absolute atomic E-state index is 0.173. The van der Waals surface area contributed by atoms with Crippen LogP contribution in [0.4, 0.5) is 0 Å². The molecule has 0 fully saturated rings. The molecule has 0 aliphatic carbocycles. The summed E-state index contributed by atoms with van der Waals surface area (Å²) in [4.78, 5) is 29.1. The molecule has 2 heterocycles. The van der Waals surface area contributed by atoms with Gasteiger partial charge in [0.05, 0.1) is 6.04 Å². The number of benzene rings is 1. The molecule has 2 atom stereocenters. The number of carboxylic acid groups (broad SMARTS) is 1. The van der Waals surface area contributed by atoms with Crippen LogP contribution < -0.4 is 0 Å². The van der Waals surface area contributed by atoms with E-state index in [1.165, 1.54) is 6.92 Å². The van der Waals surface area contributed by atoms with Gasteiger partial charge in [0.1, 0.15) is 6.04 Å². The average Bonchev–Trinajstić information content (AvgIpc) is 2.92. The van der Waals surface area contributed by atoms with Gasteiger partial charge in [-0.25, -0.2) is 4.79 Å². The second-order valence-corrected chi connectivity index (χ2v) is 6.56. The quantitative estimate of drug-likeness (QED) is 0.823. The number of carbonyl (C=O) groups excluding carboxylic acids is 1. The summed E-state index contributed by atoms with van der Waals surface area (Å²) in [6.45, 7) is 3.61. The Balaban J connectivity index is 2.10. The molecule has 2 aromatic rings. The Morgan fingerprint density at radius 3 is 2.71 bits per heavy atom. The molecule has 0 bridgehead atoms. The van der Waals surface area contributed by atoms with Crippen molar-refractivity contribution in [1.29, 1.82) is 0 Å². The first-order valence-corrected chi connectivity index (χ1v) is 8.65. The van der Waals surface area contributed by atoms with Gasteiger partial charge in [-0.2, -0.15) is 0 Å². The van der Waals surface area contributed by atoms with Gasteiger partial charge in [0.15, 0.2) is 0 Å². The molecule has 0 unspecified atom stereocenters. The molecule has 3 rings (SSSR count). The predicted octanol–water partition coefficient (Wildman–Crippen LogP) is 3.65. The van der Waals surface area contributed by atoms with Gasteiger partial charge in [0.2, 0.25) is 5.91 Å². The van der Waals surface area contributed by atoms with Crippen molar-refractivity contribution in [3.63, 3.8) is 0 Å². The van der Waals surface area contributed by atoms with Crippen molar-refractivity contribution < 1.29 is 14.7 Å². The van der Waals surface area contributed by atoms with Crippen LogP contribution in [0.1, 0.15) is 56.8 Å². The van der Waals surface area contributed by atoms with Crippen molar-refractivity contribution >= 4 is 22.8 Å². The number of fused-ring (bicyclic) bond motifs is 3. The number of amides is 1. The van der Waals surface area contributed by atoms with Crippen LogP contribution in [-0.4, -0.2) is 32.9 Å². The maximum Gasteiger partial charge on any atom is 0.326 e. The maximum atomic E-state index is 12.2. The molecule has 0 spiro atoms. The molecule has 5 nitrogen and oxygen atoms in total. The van der Waals surface area contributed by atoms with Crippen LogP contribution in [0.3, 0.4) is 0 Å². The lowest BCUT2D eigenvalue weighted by atomic mass is 9.89. The van der Waals surface area contributed by atoms with Crippen molar-refractivity contribution in [2.24, 2.45) is 0 Å². The zero-order chi connectivity index (χ0) is 17.3. The third kappa shape index (κ3) is 2.79. The highest BCUT2D eigenvalue weighted by Crippen LogP contribution is 2.39. The fourth-order valence-corrected chi connectivity index (χ4v) is 3.89. The maximum absolute atomic E-state index is 12.2. The van der Waals surface area contributed by atoms with E-state index in [1.54, 1.807) is 4.90 Å². The van der Waals surface area contributed by atoms with E-state index in [-0.39, 0.29) is 11.9 Å². The topological polar surface area (TPSA) is 73.4 Å². The molecule has 1 aromatic heterocycles. The number of aliphatic carboxylic acids is 1. The number of aromatic nitrogens is 1. The second-order valence-electron chi connectivity index (χ2n) is 6.56. The van der Waals surface area contributed by atoms with Crippen LogP contribution >= 0.6 is 0 Å². The van der Waals surface area contributed by atoms with Gasteiger partial charge in [0.25, 0.3) is 0 Å². The van der Waals surface area contributed by atoms with E-state index in [4.69, 9.17) is 0 Å². The van der Waals surface area contributed by atoms with Gasteiger partial charge >= 0.3 is 5.97 Å². The van der Waals surface area contributed by atoms with E-state index in [0.717, 1.165) is 47.8 Å². The van der Waals surface area contributed by atoms with Crippen molar-refractivity contribution in [3.05, 3.63) is 35.5 Å². The molecule has 24 heavy (non-hydrogen) atoms. The number of H-pyrrole nitrogens is 1. The van der Waals surface area contributed by atoms with Crippen LogP contribution in [0.5, 0.6) is 0 Å².